The summed E-state index contributed by atoms with van der Waals surface area (Å²) in [5, 5.41) is 4.70. The number of hydrazone groups is 1. The van der Waals surface area contributed by atoms with E-state index >= 15 is 0 Å². The number of amidine groups is 1. The molecule has 0 unspecified atom stereocenters. The van der Waals surface area contributed by atoms with Gasteiger partial charge in [0, 0.05) is 11.8 Å². The Hall–Kier alpha value is -2.40. The van der Waals surface area contributed by atoms with Gasteiger partial charge in [0.05, 0.1) is 12.1 Å². The van der Waals surface area contributed by atoms with E-state index in [2.05, 4.69) is 15.4 Å². The summed E-state index contributed by atoms with van der Waals surface area (Å²) in [6, 6.07) is 13.1. The molecule has 114 valence electrons. The van der Waals surface area contributed by atoms with Gasteiger partial charge in [0.2, 0.25) is 0 Å². The molecule has 0 saturated carbocycles. The van der Waals surface area contributed by atoms with Gasteiger partial charge < -0.3 is 14.4 Å². The minimum Gasteiger partial charge on any atom is -0.495 e. The van der Waals surface area contributed by atoms with Crippen LogP contribution in [0.1, 0.15) is 6.92 Å². The van der Waals surface area contributed by atoms with Gasteiger partial charge in [0.15, 0.2) is 0 Å². The Morgan fingerprint density at radius 3 is 2.50 bits per heavy atom. The van der Waals surface area contributed by atoms with E-state index in [-0.39, 0.29) is 0 Å². The summed E-state index contributed by atoms with van der Waals surface area (Å²) >= 11 is 6.00. The van der Waals surface area contributed by atoms with Crippen LogP contribution in [-0.4, -0.2) is 19.6 Å². The van der Waals surface area contributed by atoms with E-state index in [0.29, 0.717) is 23.2 Å². The number of hydrogen-bond donors (Lipinski definition) is 1. The van der Waals surface area contributed by atoms with Gasteiger partial charge in [-0.1, -0.05) is 11.6 Å². The first-order valence-electron chi connectivity index (χ1n) is 6.83. The second-order valence-corrected chi connectivity index (χ2v) is 5.20. The zero-order valence-corrected chi connectivity index (χ0v) is 13.1. The number of hydrogen-bond acceptors (Lipinski definition) is 5. The first-order chi connectivity index (χ1) is 10.7. The van der Waals surface area contributed by atoms with Crippen molar-refractivity contribution in [3.05, 3.63) is 47.5 Å². The van der Waals surface area contributed by atoms with E-state index in [4.69, 9.17) is 21.1 Å². The number of nitrogens with zero attached hydrogens (tertiary/aromatic N) is 2. The molecule has 2 aromatic carbocycles. The Kier molecular flexibility index (Phi) is 4.06. The summed E-state index contributed by atoms with van der Waals surface area (Å²) in [5.41, 5.74) is 4.01. The summed E-state index contributed by atoms with van der Waals surface area (Å²) in [7, 11) is 1.58. The van der Waals surface area contributed by atoms with Crippen LogP contribution in [0.15, 0.2) is 47.6 Å². The number of anilines is 1. The van der Waals surface area contributed by atoms with Crippen LogP contribution < -0.4 is 19.8 Å². The average Bonchev–Trinajstić information content (AvgIpc) is 2.96. The maximum Gasteiger partial charge on any atom is 0.141 e. The minimum atomic E-state index is 0.557. The molecule has 5 nitrogen and oxygen atoms in total. The number of nitrogens with one attached hydrogen (secondary N) is 1. The lowest BCUT2D eigenvalue weighted by molar-refractivity contribution is 0.409. The summed E-state index contributed by atoms with van der Waals surface area (Å²) in [6.45, 7) is 2.64. The van der Waals surface area contributed by atoms with Crippen molar-refractivity contribution >= 4 is 23.1 Å². The van der Waals surface area contributed by atoms with Crippen molar-refractivity contribution < 1.29 is 9.47 Å². The highest BCUT2D eigenvalue weighted by atomic mass is 35.5. The zero-order valence-electron chi connectivity index (χ0n) is 12.3. The molecular weight excluding hydrogens is 302 g/mol. The smallest absolute Gasteiger partial charge is 0.141 e. The van der Waals surface area contributed by atoms with Crippen molar-refractivity contribution in [2.24, 2.45) is 5.10 Å². The largest absolute Gasteiger partial charge is 0.495 e. The molecule has 1 aliphatic heterocycles. The molecule has 22 heavy (non-hydrogen) atoms. The van der Waals surface area contributed by atoms with Crippen molar-refractivity contribution in [1.82, 2.24) is 5.43 Å². The summed E-state index contributed by atoms with van der Waals surface area (Å²) in [5.74, 6) is 2.95. The van der Waals surface area contributed by atoms with E-state index in [1.54, 1.807) is 25.3 Å². The van der Waals surface area contributed by atoms with Gasteiger partial charge >= 0.3 is 0 Å². The first kappa shape index (κ1) is 14.5. The molecule has 0 saturated heterocycles. The van der Waals surface area contributed by atoms with Crippen LogP contribution in [0.4, 0.5) is 5.69 Å². The molecule has 1 aliphatic rings. The SMILES string of the molecule is COc1cc(Oc2ccc(N3CNN=C3C)cc2)ccc1Cl. The molecule has 3 rings (SSSR count). The number of ether oxygens (including phenoxy) is 2. The summed E-state index contributed by atoms with van der Waals surface area (Å²) in [6.07, 6.45) is 0. The number of methoxy groups -OCH3 is 1. The predicted octanol–water partition coefficient (Wildman–Crippen LogP) is 3.84. The highest BCUT2D eigenvalue weighted by molar-refractivity contribution is 6.32. The Bertz CT molecular complexity index is 701. The van der Waals surface area contributed by atoms with Crippen molar-refractivity contribution in [1.29, 1.82) is 0 Å². The molecule has 0 fully saturated rings. The van der Waals surface area contributed by atoms with Crippen molar-refractivity contribution in [2.45, 2.75) is 6.92 Å². The van der Waals surface area contributed by atoms with Gasteiger partial charge in [-0.3, -0.25) is 5.43 Å². The fourth-order valence-electron chi connectivity index (χ4n) is 2.21. The topological polar surface area (TPSA) is 46.1 Å². The van der Waals surface area contributed by atoms with Gasteiger partial charge in [-0.2, -0.15) is 5.10 Å². The second kappa shape index (κ2) is 6.15. The lowest BCUT2D eigenvalue weighted by atomic mass is 10.2. The molecule has 0 amide bonds. The Morgan fingerprint density at radius 2 is 1.86 bits per heavy atom. The molecule has 0 bridgehead atoms. The summed E-state index contributed by atoms with van der Waals surface area (Å²) in [4.78, 5) is 2.08. The van der Waals surface area contributed by atoms with Crippen LogP contribution in [-0.2, 0) is 0 Å². The van der Waals surface area contributed by atoms with E-state index in [1.165, 1.54) is 0 Å². The maximum absolute atomic E-state index is 6.00. The molecular formula is C16H16ClN3O2. The lowest BCUT2D eigenvalue weighted by Gasteiger charge is -2.17. The Morgan fingerprint density at radius 1 is 1.14 bits per heavy atom. The first-order valence-corrected chi connectivity index (χ1v) is 7.21. The second-order valence-electron chi connectivity index (χ2n) is 4.80. The van der Waals surface area contributed by atoms with Crippen LogP contribution in [0.5, 0.6) is 17.2 Å². The number of benzene rings is 2. The van der Waals surface area contributed by atoms with Crippen molar-refractivity contribution in [3.8, 4) is 17.2 Å². The van der Waals surface area contributed by atoms with Crippen LogP contribution >= 0.6 is 11.6 Å². The standard InChI is InChI=1S/C16H16ClN3O2/c1-11-19-18-10-20(11)12-3-5-13(6-4-12)22-14-7-8-15(17)16(9-14)21-2/h3-9,18H,10H2,1-2H3. The molecule has 1 N–H and O–H groups in total. The number of rotatable bonds is 4. The van der Waals surface area contributed by atoms with Gasteiger partial charge in [0.25, 0.3) is 0 Å². The molecule has 6 heteroatoms. The third-order valence-corrected chi connectivity index (χ3v) is 3.68. The number of halogens is 1. The molecule has 0 spiro atoms. The third-order valence-electron chi connectivity index (χ3n) is 3.37. The van der Waals surface area contributed by atoms with E-state index < -0.39 is 0 Å². The molecule has 0 aliphatic carbocycles. The zero-order chi connectivity index (χ0) is 15.5. The van der Waals surface area contributed by atoms with E-state index in [9.17, 15) is 0 Å². The normalized spacial score (nSPS) is 13.6. The van der Waals surface area contributed by atoms with Crippen LogP contribution in [0, 0.1) is 0 Å². The van der Waals surface area contributed by atoms with Crippen LogP contribution in [0.3, 0.4) is 0 Å². The van der Waals surface area contributed by atoms with Gasteiger partial charge in [-0.05, 0) is 43.3 Å². The Balaban J connectivity index is 1.75. The quantitative estimate of drug-likeness (QED) is 0.930. The molecule has 2 aromatic rings. The van der Waals surface area contributed by atoms with Gasteiger partial charge in [0.1, 0.15) is 29.8 Å². The highest BCUT2D eigenvalue weighted by Crippen LogP contribution is 2.31. The predicted molar refractivity (Wildman–Crippen MR) is 88.1 cm³/mol. The van der Waals surface area contributed by atoms with Crippen LogP contribution in [0.25, 0.3) is 0 Å². The van der Waals surface area contributed by atoms with Crippen molar-refractivity contribution in [3.63, 3.8) is 0 Å². The monoisotopic (exact) mass is 317 g/mol. The highest BCUT2D eigenvalue weighted by Gasteiger charge is 2.14. The van der Waals surface area contributed by atoms with E-state index in [1.807, 2.05) is 31.2 Å². The van der Waals surface area contributed by atoms with Crippen LogP contribution in [0.2, 0.25) is 5.02 Å². The van der Waals surface area contributed by atoms with Gasteiger partial charge in [-0.15, -0.1) is 0 Å². The lowest BCUT2D eigenvalue weighted by Crippen LogP contribution is -2.27. The third kappa shape index (κ3) is 2.94. The fourth-order valence-corrected chi connectivity index (χ4v) is 2.40. The molecule has 0 radical (unpaired) electrons. The Labute approximate surface area is 134 Å². The summed E-state index contributed by atoms with van der Waals surface area (Å²) < 4.78 is 11.0. The molecule has 1 heterocycles. The molecule has 0 atom stereocenters. The average molecular weight is 318 g/mol. The molecule has 0 aromatic heterocycles. The minimum absolute atomic E-state index is 0.557. The van der Waals surface area contributed by atoms with E-state index in [0.717, 1.165) is 17.3 Å². The maximum atomic E-state index is 6.00. The van der Waals surface area contributed by atoms with Crippen molar-refractivity contribution in [2.75, 3.05) is 18.7 Å². The fraction of sp³-hybridized carbons (Fsp3) is 0.188. The van der Waals surface area contributed by atoms with Gasteiger partial charge in [-0.25, -0.2) is 0 Å².